The normalized spacial score (nSPS) is 19.4. The summed E-state index contributed by atoms with van der Waals surface area (Å²) in [4.78, 5) is 7.17. The first-order chi connectivity index (χ1) is 27.7. The summed E-state index contributed by atoms with van der Waals surface area (Å²) in [5.74, 6) is 0. The lowest BCUT2D eigenvalue weighted by molar-refractivity contribution is 0.544. The number of hydrogen-bond acceptors (Lipinski definition) is 4. The van der Waals surface area contributed by atoms with Crippen LogP contribution in [0.3, 0.4) is 0 Å². The Bertz CT molecular complexity index is 2540. The van der Waals surface area contributed by atoms with Gasteiger partial charge >= 0.3 is 0 Å². The fraction of sp³-hybridized carbons (Fsp3) is 0.170. The van der Waals surface area contributed by atoms with Crippen molar-refractivity contribution in [2.24, 2.45) is 0 Å². The molecule has 3 aliphatic rings. The Morgan fingerprint density at radius 3 is 1.72 bits per heavy atom. The van der Waals surface area contributed by atoms with Crippen LogP contribution in [0.1, 0.15) is 43.4 Å². The van der Waals surface area contributed by atoms with E-state index in [2.05, 4.69) is 236 Å². The van der Waals surface area contributed by atoms with Crippen molar-refractivity contribution < 1.29 is 0 Å². The lowest BCUT2D eigenvalue weighted by Gasteiger charge is -2.45. The highest BCUT2D eigenvalue weighted by atomic mass is 15.2. The third-order valence-corrected chi connectivity index (χ3v) is 11.0. The standard InChI is InChI=1S/C53H50N4/c1-40-15-12-18-43(37-40)54-52(4)33-29-49(30-34-52)57(48-27-25-46(26-28-48)55(44-19-8-6-9-20-44)50-23-13-16-41(2)38-50)53(5)35-31-47(32-36-53)56(45-21-10-7-11-22-45)51-24-14-17-42(3)39-51/h6,8-10,12-33,35,37-39,54H,34,36H2,1-5H3. The van der Waals surface area contributed by atoms with Crippen LogP contribution >= 0.6 is 0 Å². The predicted octanol–water partition coefficient (Wildman–Crippen LogP) is 13.5. The number of aryl methyl sites for hydroxylation is 3. The minimum Gasteiger partial charge on any atom is -0.376 e. The number of benzene rings is 5. The molecule has 5 aromatic rings. The number of rotatable bonds is 11. The van der Waals surface area contributed by atoms with E-state index in [0.29, 0.717) is 0 Å². The summed E-state index contributed by atoms with van der Waals surface area (Å²) < 4.78 is 0. The fourth-order valence-corrected chi connectivity index (χ4v) is 8.05. The van der Waals surface area contributed by atoms with Crippen molar-refractivity contribution in [3.05, 3.63) is 227 Å². The first-order valence-corrected chi connectivity index (χ1v) is 19.9. The van der Waals surface area contributed by atoms with Gasteiger partial charge < -0.3 is 20.0 Å². The quantitative estimate of drug-likeness (QED) is 0.136. The van der Waals surface area contributed by atoms with Gasteiger partial charge in [0, 0.05) is 51.6 Å². The first-order valence-electron chi connectivity index (χ1n) is 19.9. The van der Waals surface area contributed by atoms with Crippen LogP contribution in [0.4, 0.5) is 34.1 Å². The van der Waals surface area contributed by atoms with Gasteiger partial charge in [0.15, 0.2) is 0 Å². The number of anilines is 6. The first kappa shape index (κ1) is 37.2. The Morgan fingerprint density at radius 2 is 1.12 bits per heavy atom. The van der Waals surface area contributed by atoms with E-state index < -0.39 is 0 Å². The Balaban J connectivity index is 1.16. The van der Waals surface area contributed by atoms with Gasteiger partial charge in [-0.25, -0.2) is 0 Å². The molecule has 0 saturated carbocycles. The van der Waals surface area contributed by atoms with Crippen LogP contribution in [-0.4, -0.2) is 11.1 Å². The maximum Gasteiger partial charge on any atom is 0.0644 e. The van der Waals surface area contributed by atoms with Gasteiger partial charge in [0.25, 0.3) is 0 Å². The number of nitrogens with zero attached hydrogens (tertiary/aromatic N) is 3. The number of nitrogens with one attached hydrogen (secondary N) is 1. The molecule has 0 heterocycles. The topological polar surface area (TPSA) is 21.8 Å². The van der Waals surface area contributed by atoms with Crippen LogP contribution in [0.25, 0.3) is 0 Å². The second-order valence-corrected chi connectivity index (χ2v) is 15.8. The van der Waals surface area contributed by atoms with Crippen molar-refractivity contribution in [3.63, 3.8) is 0 Å². The van der Waals surface area contributed by atoms with Gasteiger partial charge in [-0.1, -0.05) is 90.4 Å². The van der Waals surface area contributed by atoms with Gasteiger partial charge in [0.05, 0.1) is 16.8 Å². The SMILES string of the molecule is Cc1cccc(NC2(C)C=CC(N(c3ccc(N(c4ccccc4)c4cccc(C)c4)cc3)C3(C)C=CC(N(C4=CC=C=C=C4)c4cccc(C)c4)=CC3)=CC2)c1. The Labute approximate surface area is 338 Å². The molecule has 0 amide bonds. The van der Waals surface area contributed by atoms with Crippen LogP contribution < -0.4 is 20.0 Å². The summed E-state index contributed by atoms with van der Waals surface area (Å²) in [5, 5.41) is 3.81. The van der Waals surface area contributed by atoms with Gasteiger partial charge in [-0.05, 0) is 161 Å². The lowest BCUT2D eigenvalue weighted by atomic mass is 9.86. The molecule has 0 aromatic heterocycles. The largest absolute Gasteiger partial charge is 0.376 e. The van der Waals surface area contributed by atoms with Crippen molar-refractivity contribution in [2.75, 3.05) is 20.0 Å². The molecule has 5 aromatic carbocycles. The zero-order valence-corrected chi connectivity index (χ0v) is 33.6. The second-order valence-electron chi connectivity index (χ2n) is 15.8. The van der Waals surface area contributed by atoms with Crippen LogP contribution in [-0.2, 0) is 0 Å². The molecular weight excluding hydrogens is 693 g/mol. The maximum atomic E-state index is 3.81. The molecule has 2 unspecified atom stereocenters. The average Bonchev–Trinajstić information content (AvgIpc) is 3.21. The summed E-state index contributed by atoms with van der Waals surface area (Å²) in [6.07, 6.45) is 21.8. The van der Waals surface area contributed by atoms with Crippen LogP contribution in [0.2, 0.25) is 0 Å². The van der Waals surface area contributed by atoms with Crippen LogP contribution in [0.5, 0.6) is 0 Å². The molecule has 0 fully saturated rings. The summed E-state index contributed by atoms with van der Waals surface area (Å²) in [7, 11) is 0. The average molecular weight is 743 g/mol. The van der Waals surface area contributed by atoms with Crippen molar-refractivity contribution >= 4 is 34.1 Å². The third-order valence-electron chi connectivity index (χ3n) is 11.0. The van der Waals surface area contributed by atoms with E-state index >= 15 is 0 Å². The Morgan fingerprint density at radius 1 is 0.526 bits per heavy atom. The monoisotopic (exact) mass is 742 g/mol. The van der Waals surface area contributed by atoms with E-state index in [4.69, 9.17) is 0 Å². The summed E-state index contributed by atoms with van der Waals surface area (Å²) in [6, 6.07) is 45.7. The minimum absolute atomic E-state index is 0.217. The Kier molecular flexibility index (Phi) is 10.3. The van der Waals surface area contributed by atoms with Crippen LogP contribution in [0, 0.1) is 20.8 Å². The predicted molar refractivity (Wildman–Crippen MR) is 242 cm³/mol. The van der Waals surface area contributed by atoms with Gasteiger partial charge in [-0.15, -0.1) is 0 Å². The summed E-state index contributed by atoms with van der Waals surface area (Å²) >= 11 is 0. The van der Waals surface area contributed by atoms with E-state index in [-0.39, 0.29) is 11.1 Å². The number of para-hydroxylation sites is 1. The molecule has 4 nitrogen and oxygen atoms in total. The Hall–Kier alpha value is -6.70. The minimum atomic E-state index is -0.358. The van der Waals surface area contributed by atoms with E-state index in [0.717, 1.165) is 58.4 Å². The van der Waals surface area contributed by atoms with Crippen molar-refractivity contribution in [1.82, 2.24) is 0 Å². The molecular formula is C53H50N4. The lowest BCUT2D eigenvalue weighted by Crippen LogP contribution is -2.46. The molecule has 4 heteroatoms. The van der Waals surface area contributed by atoms with E-state index in [1.165, 1.54) is 22.4 Å². The number of hydrogen-bond donors (Lipinski definition) is 1. The summed E-state index contributed by atoms with van der Waals surface area (Å²) in [6.45, 7) is 11.1. The highest BCUT2D eigenvalue weighted by Gasteiger charge is 2.35. The van der Waals surface area contributed by atoms with Crippen molar-refractivity contribution in [1.29, 1.82) is 0 Å². The zero-order chi connectivity index (χ0) is 39.4. The second kappa shape index (κ2) is 15.8. The van der Waals surface area contributed by atoms with Crippen molar-refractivity contribution in [2.45, 2.75) is 58.5 Å². The molecule has 0 aliphatic heterocycles. The maximum absolute atomic E-state index is 3.81. The highest BCUT2D eigenvalue weighted by molar-refractivity contribution is 5.78. The molecule has 3 aliphatic carbocycles. The van der Waals surface area contributed by atoms with E-state index in [9.17, 15) is 0 Å². The van der Waals surface area contributed by atoms with E-state index in [1.54, 1.807) is 0 Å². The van der Waals surface area contributed by atoms with Crippen molar-refractivity contribution in [3.8, 4) is 0 Å². The van der Waals surface area contributed by atoms with Gasteiger partial charge in [-0.2, -0.15) is 0 Å². The van der Waals surface area contributed by atoms with Crippen LogP contribution in [0.15, 0.2) is 211 Å². The molecule has 282 valence electrons. The van der Waals surface area contributed by atoms with Gasteiger partial charge in [-0.3, -0.25) is 0 Å². The molecule has 0 spiro atoms. The van der Waals surface area contributed by atoms with Gasteiger partial charge in [0.1, 0.15) is 0 Å². The highest BCUT2D eigenvalue weighted by Crippen LogP contribution is 2.42. The van der Waals surface area contributed by atoms with E-state index in [1.807, 2.05) is 12.2 Å². The molecule has 2 atom stereocenters. The molecule has 0 saturated heterocycles. The van der Waals surface area contributed by atoms with Gasteiger partial charge in [0.2, 0.25) is 0 Å². The third kappa shape index (κ3) is 8.15. The molecule has 0 bridgehead atoms. The number of allylic oxidation sites excluding steroid dienone is 5. The zero-order valence-electron chi connectivity index (χ0n) is 33.6. The molecule has 0 radical (unpaired) electrons. The molecule has 8 rings (SSSR count). The smallest absolute Gasteiger partial charge is 0.0644 e. The fourth-order valence-electron chi connectivity index (χ4n) is 8.05. The molecule has 1 N–H and O–H groups in total. The summed E-state index contributed by atoms with van der Waals surface area (Å²) in [5.41, 5.74) is 19.5. The molecule has 57 heavy (non-hydrogen) atoms.